The van der Waals surface area contributed by atoms with Gasteiger partial charge >= 0.3 is 0 Å². The largest absolute Gasteiger partial charge is 0.481 e. The number of hydrogen-bond donors (Lipinski definition) is 2. The molecule has 1 saturated carbocycles. The number of hydrogen-bond acceptors (Lipinski definition) is 3. The highest BCUT2D eigenvalue weighted by Gasteiger charge is 2.22. The summed E-state index contributed by atoms with van der Waals surface area (Å²) in [7, 11) is 0. The number of carbonyl (C=O) groups excluding carboxylic acids is 1. The Kier molecular flexibility index (Phi) is 5.65. The molecule has 3 N–H and O–H groups in total. The standard InChI is InChI=1S/C16H23BrN2O2/c1-10(18)14-8-7-12(17)9-15(14)21-11(2)16(20)19-13-5-3-4-6-13/h7-11,13H,3-6,18H2,1-2H3,(H,19,20)/t10-,11?/m1/s1. The van der Waals surface area contributed by atoms with Crippen LogP contribution in [0.5, 0.6) is 5.75 Å². The van der Waals surface area contributed by atoms with Crippen LogP contribution >= 0.6 is 15.9 Å². The number of nitrogens with one attached hydrogen (secondary N) is 1. The fourth-order valence-electron chi connectivity index (χ4n) is 2.62. The maximum Gasteiger partial charge on any atom is 0.260 e. The van der Waals surface area contributed by atoms with E-state index < -0.39 is 6.10 Å². The summed E-state index contributed by atoms with van der Waals surface area (Å²) in [5.74, 6) is 0.603. The zero-order valence-corrected chi connectivity index (χ0v) is 14.2. The molecule has 1 amide bonds. The van der Waals surface area contributed by atoms with Gasteiger partial charge in [-0.25, -0.2) is 0 Å². The Morgan fingerprint density at radius 2 is 2.05 bits per heavy atom. The molecule has 0 aromatic heterocycles. The van der Waals surface area contributed by atoms with Crippen molar-refractivity contribution >= 4 is 21.8 Å². The molecule has 0 aliphatic heterocycles. The van der Waals surface area contributed by atoms with Gasteiger partial charge in [0, 0.05) is 22.1 Å². The first kappa shape index (κ1) is 16.3. The van der Waals surface area contributed by atoms with Crippen molar-refractivity contribution in [2.45, 2.75) is 57.7 Å². The van der Waals surface area contributed by atoms with E-state index in [9.17, 15) is 4.79 Å². The molecule has 0 saturated heterocycles. The minimum atomic E-state index is -0.530. The number of rotatable bonds is 5. The van der Waals surface area contributed by atoms with E-state index in [-0.39, 0.29) is 11.9 Å². The van der Waals surface area contributed by atoms with Gasteiger partial charge in [0.25, 0.3) is 5.91 Å². The Balaban J connectivity index is 2.02. The predicted octanol–water partition coefficient (Wildman–Crippen LogP) is 3.29. The Hall–Kier alpha value is -1.07. The van der Waals surface area contributed by atoms with Gasteiger partial charge in [0.2, 0.25) is 0 Å². The summed E-state index contributed by atoms with van der Waals surface area (Å²) >= 11 is 3.42. The Morgan fingerprint density at radius 1 is 1.38 bits per heavy atom. The van der Waals surface area contributed by atoms with Crippen LogP contribution in [0.15, 0.2) is 22.7 Å². The molecule has 2 rings (SSSR count). The quantitative estimate of drug-likeness (QED) is 0.852. The van der Waals surface area contributed by atoms with Crippen molar-refractivity contribution in [3.05, 3.63) is 28.2 Å². The van der Waals surface area contributed by atoms with Crippen LogP contribution in [0.1, 0.15) is 51.1 Å². The normalized spacial score (nSPS) is 18.3. The van der Waals surface area contributed by atoms with Gasteiger partial charge in [-0.3, -0.25) is 4.79 Å². The Morgan fingerprint density at radius 3 is 2.67 bits per heavy atom. The molecule has 0 heterocycles. The maximum absolute atomic E-state index is 12.2. The molecule has 0 bridgehead atoms. The molecule has 2 atom stereocenters. The smallest absolute Gasteiger partial charge is 0.260 e. The summed E-state index contributed by atoms with van der Waals surface area (Å²) in [4.78, 5) is 12.2. The lowest BCUT2D eigenvalue weighted by molar-refractivity contribution is -0.128. The fraction of sp³-hybridized carbons (Fsp3) is 0.562. The lowest BCUT2D eigenvalue weighted by Gasteiger charge is -2.20. The van der Waals surface area contributed by atoms with Gasteiger partial charge < -0.3 is 15.8 Å². The minimum Gasteiger partial charge on any atom is -0.481 e. The minimum absolute atomic E-state index is 0.0579. The molecule has 0 spiro atoms. The van der Waals surface area contributed by atoms with Gasteiger partial charge in [-0.2, -0.15) is 0 Å². The lowest BCUT2D eigenvalue weighted by atomic mass is 10.1. The van der Waals surface area contributed by atoms with E-state index in [1.54, 1.807) is 6.92 Å². The zero-order valence-electron chi connectivity index (χ0n) is 12.6. The first-order chi connectivity index (χ1) is 9.97. The van der Waals surface area contributed by atoms with Crippen LogP contribution in [0.2, 0.25) is 0 Å². The molecule has 4 nitrogen and oxygen atoms in total. The fourth-order valence-corrected chi connectivity index (χ4v) is 2.96. The molecule has 5 heteroatoms. The molecule has 1 aromatic carbocycles. The summed E-state index contributed by atoms with van der Waals surface area (Å²) in [5.41, 5.74) is 6.85. The average Bonchev–Trinajstić information content (AvgIpc) is 2.91. The summed E-state index contributed by atoms with van der Waals surface area (Å²) in [6.07, 6.45) is 4.00. The second-order valence-corrected chi connectivity index (χ2v) is 6.64. The van der Waals surface area contributed by atoms with E-state index in [4.69, 9.17) is 10.5 Å². The van der Waals surface area contributed by atoms with Crippen LogP contribution in [0.3, 0.4) is 0 Å². The van der Waals surface area contributed by atoms with Crippen molar-refractivity contribution in [3.8, 4) is 5.75 Å². The lowest BCUT2D eigenvalue weighted by Crippen LogP contribution is -2.41. The van der Waals surface area contributed by atoms with E-state index in [1.165, 1.54) is 12.8 Å². The molecule has 1 fully saturated rings. The van der Waals surface area contributed by atoms with Crippen LogP contribution in [0.25, 0.3) is 0 Å². The third kappa shape index (κ3) is 4.45. The Bertz CT molecular complexity index is 499. The molecule has 1 aromatic rings. The average molecular weight is 355 g/mol. The highest BCUT2D eigenvalue weighted by Crippen LogP contribution is 2.28. The maximum atomic E-state index is 12.2. The van der Waals surface area contributed by atoms with Gasteiger partial charge in [-0.1, -0.05) is 34.8 Å². The van der Waals surface area contributed by atoms with Crippen LogP contribution in [0, 0.1) is 0 Å². The number of ether oxygens (including phenoxy) is 1. The van der Waals surface area contributed by atoms with Gasteiger partial charge in [0.15, 0.2) is 6.10 Å². The highest BCUT2D eigenvalue weighted by atomic mass is 79.9. The third-order valence-electron chi connectivity index (χ3n) is 3.84. The topological polar surface area (TPSA) is 64.3 Å². The summed E-state index contributed by atoms with van der Waals surface area (Å²) in [6.45, 7) is 3.68. The molecule has 1 aliphatic rings. The summed E-state index contributed by atoms with van der Waals surface area (Å²) in [6, 6.07) is 5.87. The number of nitrogens with two attached hydrogens (primary N) is 1. The molecule has 1 unspecified atom stereocenters. The van der Waals surface area contributed by atoms with Gasteiger partial charge in [0.1, 0.15) is 5.75 Å². The van der Waals surface area contributed by atoms with Gasteiger partial charge in [-0.15, -0.1) is 0 Å². The molecule has 0 radical (unpaired) electrons. The second kappa shape index (κ2) is 7.27. The van der Waals surface area contributed by atoms with Crippen LogP contribution < -0.4 is 15.8 Å². The van der Waals surface area contributed by atoms with Crippen molar-refractivity contribution in [1.29, 1.82) is 0 Å². The molecule has 116 valence electrons. The molecule has 1 aliphatic carbocycles. The number of halogens is 1. The van der Waals surface area contributed by atoms with Crippen molar-refractivity contribution < 1.29 is 9.53 Å². The number of benzene rings is 1. The monoisotopic (exact) mass is 354 g/mol. The highest BCUT2D eigenvalue weighted by molar-refractivity contribution is 9.10. The molecular weight excluding hydrogens is 332 g/mol. The van der Waals surface area contributed by atoms with Crippen LogP contribution in [-0.2, 0) is 4.79 Å². The van der Waals surface area contributed by atoms with E-state index in [1.807, 2.05) is 25.1 Å². The molecular formula is C16H23BrN2O2. The van der Waals surface area contributed by atoms with Crippen molar-refractivity contribution in [2.75, 3.05) is 0 Å². The van der Waals surface area contributed by atoms with E-state index in [2.05, 4.69) is 21.2 Å². The van der Waals surface area contributed by atoms with Crippen molar-refractivity contribution in [1.82, 2.24) is 5.32 Å². The van der Waals surface area contributed by atoms with Gasteiger partial charge in [-0.05, 0) is 38.8 Å². The Labute approximate surface area is 134 Å². The first-order valence-corrected chi connectivity index (χ1v) is 8.28. The van der Waals surface area contributed by atoms with E-state index in [0.717, 1.165) is 22.9 Å². The summed E-state index contributed by atoms with van der Waals surface area (Å²) < 4.78 is 6.75. The van der Waals surface area contributed by atoms with E-state index in [0.29, 0.717) is 11.8 Å². The predicted molar refractivity (Wildman–Crippen MR) is 87.2 cm³/mol. The SMILES string of the molecule is CC(Oc1cc(Br)ccc1[C@@H](C)N)C(=O)NC1CCCC1. The second-order valence-electron chi connectivity index (χ2n) is 5.72. The number of amides is 1. The van der Waals surface area contributed by atoms with Gasteiger partial charge in [0.05, 0.1) is 0 Å². The zero-order chi connectivity index (χ0) is 15.4. The van der Waals surface area contributed by atoms with E-state index >= 15 is 0 Å². The van der Waals surface area contributed by atoms with Crippen LogP contribution in [-0.4, -0.2) is 18.1 Å². The molecule has 21 heavy (non-hydrogen) atoms. The first-order valence-electron chi connectivity index (χ1n) is 7.49. The number of carbonyl (C=O) groups is 1. The van der Waals surface area contributed by atoms with Crippen molar-refractivity contribution in [2.24, 2.45) is 5.73 Å². The van der Waals surface area contributed by atoms with Crippen LogP contribution in [0.4, 0.5) is 0 Å². The summed E-state index contributed by atoms with van der Waals surface area (Å²) in [5, 5.41) is 3.06. The van der Waals surface area contributed by atoms with Crippen molar-refractivity contribution in [3.63, 3.8) is 0 Å². The third-order valence-corrected chi connectivity index (χ3v) is 4.33.